The Bertz CT molecular complexity index is 918. The maximum Gasteiger partial charge on any atom is 0.266 e. The summed E-state index contributed by atoms with van der Waals surface area (Å²) < 4.78 is 2.70. The lowest BCUT2D eigenvalue weighted by molar-refractivity contribution is -0.121. The van der Waals surface area contributed by atoms with Gasteiger partial charge in [-0.2, -0.15) is 0 Å². The number of nitrogens with zero attached hydrogens (tertiary/aromatic N) is 2. The second-order valence-corrected chi connectivity index (χ2v) is 8.18. The highest BCUT2D eigenvalue weighted by molar-refractivity contribution is 8.26. The minimum Gasteiger partial charge on any atom is -0.318 e. The van der Waals surface area contributed by atoms with E-state index >= 15 is 0 Å². The highest BCUT2D eigenvalue weighted by atomic mass is 35.5. The first kappa shape index (κ1) is 18.5. The van der Waals surface area contributed by atoms with Crippen LogP contribution in [0.1, 0.15) is 23.9 Å². The van der Waals surface area contributed by atoms with Crippen LogP contribution in [0.15, 0.2) is 29.2 Å². The van der Waals surface area contributed by atoms with Crippen LogP contribution in [-0.2, 0) is 4.79 Å². The first-order valence-corrected chi connectivity index (χ1v) is 9.71. The highest BCUT2D eigenvalue weighted by Crippen LogP contribution is 2.34. The van der Waals surface area contributed by atoms with E-state index in [9.17, 15) is 4.79 Å². The Hall–Kier alpha value is -1.27. The SMILES string of the molecule is CCN1C(=O)/C(=C\c2cc(C)n(-c3ccc(Cl)c(Cl)c3)c2C)SC1=S. The lowest BCUT2D eigenvalue weighted by atomic mass is 10.2. The Labute approximate surface area is 166 Å². The molecule has 25 heavy (non-hydrogen) atoms. The van der Waals surface area contributed by atoms with Crippen LogP contribution in [0.5, 0.6) is 0 Å². The maximum absolute atomic E-state index is 12.4. The van der Waals surface area contributed by atoms with Crippen molar-refractivity contribution in [2.24, 2.45) is 0 Å². The van der Waals surface area contributed by atoms with E-state index in [0.717, 1.165) is 22.6 Å². The number of hydrogen-bond donors (Lipinski definition) is 0. The molecule has 1 fully saturated rings. The molecule has 0 N–H and O–H groups in total. The number of amides is 1. The summed E-state index contributed by atoms with van der Waals surface area (Å²) in [6, 6.07) is 7.60. The number of hydrogen-bond acceptors (Lipinski definition) is 3. The minimum atomic E-state index is -0.0307. The summed E-state index contributed by atoms with van der Waals surface area (Å²) in [4.78, 5) is 14.7. The maximum atomic E-state index is 12.4. The van der Waals surface area contributed by atoms with Crippen molar-refractivity contribution in [3.05, 3.63) is 56.2 Å². The van der Waals surface area contributed by atoms with Crippen LogP contribution in [0.4, 0.5) is 0 Å². The van der Waals surface area contributed by atoms with Crippen molar-refractivity contribution >= 4 is 63.5 Å². The molecule has 2 aromatic rings. The quantitative estimate of drug-likeness (QED) is 0.484. The summed E-state index contributed by atoms with van der Waals surface area (Å²) in [7, 11) is 0. The van der Waals surface area contributed by atoms with Crippen LogP contribution < -0.4 is 0 Å². The molecule has 0 aliphatic carbocycles. The number of aromatic nitrogens is 1. The fourth-order valence-corrected chi connectivity index (χ4v) is 4.54. The molecule has 0 bridgehead atoms. The van der Waals surface area contributed by atoms with Crippen molar-refractivity contribution in [2.45, 2.75) is 20.8 Å². The monoisotopic (exact) mass is 410 g/mol. The lowest BCUT2D eigenvalue weighted by Gasteiger charge is -2.11. The van der Waals surface area contributed by atoms with Gasteiger partial charge in [-0.3, -0.25) is 9.69 Å². The molecule has 3 nitrogen and oxygen atoms in total. The van der Waals surface area contributed by atoms with E-state index < -0.39 is 0 Å². The predicted octanol–water partition coefficient (Wildman–Crippen LogP) is 5.62. The van der Waals surface area contributed by atoms with Crippen LogP contribution in [0.2, 0.25) is 10.0 Å². The average molecular weight is 411 g/mol. The molecular weight excluding hydrogens is 395 g/mol. The summed E-state index contributed by atoms with van der Waals surface area (Å²) in [6.07, 6.45) is 1.91. The van der Waals surface area contributed by atoms with Gasteiger partial charge in [0, 0.05) is 23.6 Å². The zero-order valence-corrected chi connectivity index (χ0v) is 17.1. The summed E-state index contributed by atoms with van der Waals surface area (Å²) in [5, 5.41) is 1.04. The van der Waals surface area contributed by atoms with Gasteiger partial charge in [0.05, 0.1) is 15.0 Å². The molecule has 0 atom stereocenters. The number of carbonyl (C=O) groups is 1. The third-order valence-corrected chi connectivity index (χ3v) is 6.22. The van der Waals surface area contributed by atoms with Crippen LogP contribution in [0.25, 0.3) is 11.8 Å². The van der Waals surface area contributed by atoms with Gasteiger partial charge in [-0.05, 0) is 56.7 Å². The third-order valence-electron chi connectivity index (χ3n) is 4.11. The average Bonchev–Trinajstić information content (AvgIpc) is 2.99. The summed E-state index contributed by atoms with van der Waals surface area (Å²) in [5.41, 5.74) is 4.00. The van der Waals surface area contributed by atoms with Gasteiger partial charge in [0.1, 0.15) is 4.32 Å². The Balaban J connectivity index is 2.03. The van der Waals surface area contributed by atoms with Crippen molar-refractivity contribution in [3.8, 4) is 5.69 Å². The first-order chi connectivity index (χ1) is 11.8. The second kappa shape index (κ2) is 7.16. The normalized spacial score (nSPS) is 16.4. The molecule has 3 rings (SSSR count). The van der Waals surface area contributed by atoms with Gasteiger partial charge >= 0.3 is 0 Å². The van der Waals surface area contributed by atoms with Gasteiger partial charge in [0.25, 0.3) is 5.91 Å². The Morgan fingerprint density at radius 3 is 2.52 bits per heavy atom. The van der Waals surface area contributed by atoms with E-state index in [1.165, 1.54) is 11.8 Å². The van der Waals surface area contributed by atoms with E-state index in [1.54, 1.807) is 11.0 Å². The standard InChI is InChI=1S/C18H16Cl2N2OS2/c1-4-21-17(23)16(25-18(21)24)8-12-7-10(2)22(11(12)3)13-5-6-14(19)15(20)9-13/h5-9H,4H2,1-3H3/b16-8+. The summed E-state index contributed by atoms with van der Waals surface area (Å²) in [5.74, 6) is -0.0307. The minimum absolute atomic E-state index is 0.0307. The summed E-state index contributed by atoms with van der Waals surface area (Å²) in [6.45, 7) is 6.54. The second-order valence-electron chi connectivity index (χ2n) is 5.69. The molecule has 1 aliphatic rings. The highest BCUT2D eigenvalue weighted by Gasteiger charge is 2.30. The van der Waals surface area contributed by atoms with Crippen LogP contribution in [0.3, 0.4) is 0 Å². The Morgan fingerprint density at radius 1 is 1.20 bits per heavy atom. The molecule has 0 spiro atoms. The van der Waals surface area contributed by atoms with E-state index in [0.29, 0.717) is 25.8 Å². The zero-order chi connectivity index (χ0) is 18.3. The van der Waals surface area contributed by atoms with E-state index in [1.807, 2.05) is 39.0 Å². The lowest BCUT2D eigenvalue weighted by Crippen LogP contribution is -2.27. The molecule has 0 radical (unpaired) electrons. The van der Waals surface area contributed by atoms with E-state index in [-0.39, 0.29) is 5.91 Å². The molecule has 1 aliphatic heterocycles. The molecule has 2 heterocycles. The van der Waals surface area contributed by atoms with Crippen molar-refractivity contribution in [2.75, 3.05) is 6.54 Å². The van der Waals surface area contributed by atoms with Crippen molar-refractivity contribution in [3.63, 3.8) is 0 Å². The fourth-order valence-electron chi connectivity index (χ4n) is 2.87. The molecule has 1 saturated heterocycles. The number of thiocarbonyl (C=S) groups is 1. The third kappa shape index (κ3) is 3.38. The van der Waals surface area contributed by atoms with Gasteiger partial charge in [-0.1, -0.05) is 47.2 Å². The topological polar surface area (TPSA) is 25.2 Å². The molecule has 1 aromatic carbocycles. The number of benzene rings is 1. The van der Waals surface area contributed by atoms with Crippen molar-refractivity contribution in [1.82, 2.24) is 9.47 Å². The molecular formula is C18H16Cl2N2OS2. The molecule has 0 unspecified atom stereocenters. The van der Waals surface area contributed by atoms with Crippen LogP contribution in [0, 0.1) is 13.8 Å². The van der Waals surface area contributed by atoms with E-state index in [2.05, 4.69) is 10.6 Å². The van der Waals surface area contributed by atoms with Gasteiger partial charge < -0.3 is 4.57 Å². The molecule has 1 aromatic heterocycles. The molecule has 130 valence electrons. The van der Waals surface area contributed by atoms with Crippen LogP contribution in [-0.4, -0.2) is 26.2 Å². The van der Waals surface area contributed by atoms with Gasteiger partial charge in [-0.15, -0.1) is 0 Å². The first-order valence-electron chi connectivity index (χ1n) is 7.73. The van der Waals surface area contributed by atoms with Crippen LogP contribution >= 0.6 is 47.2 Å². The smallest absolute Gasteiger partial charge is 0.266 e. The van der Waals surface area contributed by atoms with E-state index in [4.69, 9.17) is 35.4 Å². The van der Waals surface area contributed by atoms with Gasteiger partial charge in [0.15, 0.2) is 0 Å². The number of likely N-dealkylation sites (N-methyl/N-ethyl adjacent to an activating group) is 1. The van der Waals surface area contributed by atoms with Gasteiger partial charge in [0.2, 0.25) is 0 Å². The molecule has 7 heteroatoms. The predicted molar refractivity (Wildman–Crippen MR) is 111 cm³/mol. The number of aryl methyl sites for hydroxylation is 1. The number of carbonyl (C=O) groups excluding carboxylic acids is 1. The number of thioether (sulfide) groups is 1. The molecule has 1 amide bonds. The largest absolute Gasteiger partial charge is 0.318 e. The Morgan fingerprint density at radius 2 is 1.92 bits per heavy atom. The van der Waals surface area contributed by atoms with Gasteiger partial charge in [-0.25, -0.2) is 0 Å². The Kier molecular flexibility index (Phi) is 5.30. The zero-order valence-electron chi connectivity index (χ0n) is 14.0. The number of rotatable bonds is 3. The van der Waals surface area contributed by atoms with Crippen molar-refractivity contribution < 1.29 is 4.79 Å². The van der Waals surface area contributed by atoms with Crippen molar-refractivity contribution in [1.29, 1.82) is 0 Å². The molecule has 0 saturated carbocycles. The fraction of sp³-hybridized carbons (Fsp3) is 0.222. The summed E-state index contributed by atoms with van der Waals surface area (Å²) >= 11 is 18.8. The number of halogens is 2.